The molecule has 2 N–H and O–H groups in total. The molecule has 2 heterocycles. The first kappa shape index (κ1) is 15.5. The van der Waals surface area contributed by atoms with Crippen molar-refractivity contribution in [2.75, 3.05) is 6.54 Å². The molecule has 2 saturated heterocycles. The minimum atomic E-state index is -3.39. The fourth-order valence-electron chi connectivity index (χ4n) is 3.12. The lowest BCUT2D eigenvalue weighted by Crippen LogP contribution is -2.41. The molecule has 0 unspecified atom stereocenters. The summed E-state index contributed by atoms with van der Waals surface area (Å²) in [5.74, 6) is -0.268. The van der Waals surface area contributed by atoms with E-state index in [1.165, 1.54) is 0 Å². The van der Waals surface area contributed by atoms with Gasteiger partial charge in [0.25, 0.3) is 10.2 Å². The van der Waals surface area contributed by atoms with Crippen molar-refractivity contribution in [1.82, 2.24) is 9.03 Å². The Labute approximate surface area is 130 Å². The lowest BCUT2D eigenvalue weighted by Gasteiger charge is -2.25. The number of hydrogen-bond acceptors (Lipinski definition) is 3. The van der Waals surface area contributed by atoms with Crippen molar-refractivity contribution < 1.29 is 18.3 Å². The quantitative estimate of drug-likeness (QED) is 0.787. The zero-order valence-electron chi connectivity index (χ0n) is 12.2. The van der Waals surface area contributed by atoms with Crippen LogP contribution in [0.3, 0.4) is 0 Å². The second-order valence-electron chi connectivity index (χ2n) is 6.10. The molecule has 120 valence electrons. The zero-order chi connectivity index (χ0) is 15.7. The van der Waals surface area contributed by atoms with Crippen molar-refractivity contribution in [2.24, 2.45) is 5.92 Å². The monoisotopic (exact) mass is 324 g/mol. The maximum Gasteiger partial charge on any atom is 0.303 e. The van der Waals surface area contributed by atoms with Gasteiger partial charge in [-0.3, -0.25) is 4.79 Å². The van der Waals surface area contributed by atoms with Crippen molar-refractivity contribution in [3.63, 3.8) is 0 Å². The number of aryl methyl sites for hydroxylation is 1. The highest BCUT2D eigenvalue weighted by Crippen LogP contribution is 2.41. The van der Waals surface area contributed by atoms with Crippen molar-refractivity contribution in [3.8, 4) is 0 Å². The third kappa shape index (κ3) is 3.31. The third-order valence-corrected chi connectivity index (χ3v) is 6.05. The first-order chi connectivity index (χ1) is 10.4. The van der Waals surface area contributed by atoms with Crippen LogP contribution in [0.15, 0.2) is 24.3 Å². The van der Waals surface area contributed by atoms with Crippen LogP contribution >= 0.6 is 0 Å². The van der Waals surface area contributed by atoms with E-state index in [-0.39, 0.29) is 19.0 Å². The summed E-state index contributed by atoms with van der Waals surface area (Å²) in [6, 6.07) is 7.56. The van der Waals surface area contributed by atoms with Gasteiger partial charge in [-0.1, -0.05) is 24.3 Å². The van der Waals surface area contributed by atoms with Crippen LogP contribution in [0.25, 0.3) is 0 Å². The van der Waals surface area contributed by atoms with Gasteiger partial charge in [-0.25, -0.2) is 0 Å². The Hall–Kier alpha value is -1.44. The molecule has 3 fully saturated rings. The van der Waals surface area contributed by atoms with Crippen molar-refractivity contribution >= 4 is 16.2 Å². The van der Waals surface area contributed by atoms with Crippen molar-refractivity contribution in [1.29, 1.82) is 0 Å². The molecule has 7 heteroatoms. The molecule has 0 aromatic heterocycles. The molecule has 6 nitrogen and oxygen atoms in total. The van der Waals surface area contributed by atoms with Gasteiger partial charge in [0.15, 0.2) is 0 Å². The van der Waals surface area contributed by atoms with E-state index in [2.05, 4.69) is 4.72 Å². The summed E-state index contributed by atoms with van der Waals surface area (Å²) in [5.41, 5.74) is 1.81. The van der Waals surface area contributed by atoms with Crippen LogP contribution in [-0.4, -0.2) is 36.4 Å². The topological polar surface area (TPSA) is 86.7 Å². The molecular weight excluding hydrogens is 304 g/mol. The number of benzene rings is 1. The summed E-state index contributed by atoms with van der Waals surface area (Å²) in [5, 5.41) is 8.65. The first-order valence-corrected chi connectivity index (χ1v) is 8.94. The number of carboxylic acids is 1. The van der Waals surface area contributed by atoms with Crippen LogP contribution in [-0.2, 0) is 28.0 Å². The Morgan fingerprint density at radius 1 is 1.23 bits per heavy atom. The lowest BCUT2D eigenvalue weighted by atomic mass is 9.87. The summed E-state index contributed by atoms with van der Waals surface area (Å²) in [6.45, 7) is 0.906. The summed E-state index contributed by atoms with van der Waals surface area (Å²) in [4.78, 5) is 10.5. The number of carbonyl (C=O) groups is 1. The van der Waals surface area contributed by atoms with Gasteiger partial charge in [0, 0.05) is 25.6 Å². The highest BCUT2D eigenvalue weighted by atomic mass is 32.2. The fraction of sp³-hybridized carbons (Fsp3) is 0.533. The Bertz CT molecular complexity index is 651. The number of nitrogens with zero attached hydrogens (tertiary/aromatic N) is 1. The van der Waals surface area contributed by atoms with E-state index in [1.807, 2.05) is 24.3 Å². The van der Waals surface area contributed by atoms with Gasteiger partial charge in [-0.15, -0.1) is 0 Å². The molecule has 0 spiro atoms. The molecule has 1 saturated carbocycles. The minimum absolute atomic E-state index is 0.101. The minimum Gasteiger partial charge on any atom is -0.481 e. The number of rotatable bonds is 7. The highest BCUT2D eigenvalue weighted by Gasteiger charge is 2.47. The second-order valence-corrected chi connectivity index (χ2v) is 7.81. The molecule has 22 heavy (non-hydrogen) atoms. The SMILES string of the molecule is O=C(O)CCc1ccc(CNS(=O)(=O)N2CC3CC2C3)cc1. The largest absolute Gasteiger partial charge is 0.481 e. The molecule has 3 aliphatic rings. The van der Waals surface area contributed by atoms with Crippen LogP contribution in [0, 0.1) is 5.92 Å². The van der Waals surface area contributed by atoms with Crippen LogP contribution < -0.4 is 4.72 Å². The van der Waals surface area contributed by atoms with E-state index < -0.39 is 16.2 Å². The summed E-state index contributed by atoms with van der Waals surface area (Å²) in [7, 11) is -3.39. The number of carboxylic acid groups (broad SMARTS) is 1. The predicted octanol–water partition coefficient (Wildman–Crippen LogP) is 1.13. The normalized spacial score (nSPS) is 24.2. The van der Waals surface area contributed by atoms with Crippen molar-refractivity contribution in [3.05, 3.63) is 35.4 Å². The lowest BCUT2D eigenvalue weighted by molar-refractivity contribution is -0.136. The smallest absolute Gasteiger partial charge is 0.303 e. The van der Waals surface area contributed by atoms with Gasteiger partial charge >= 0.3 is 5.97 Å². The molecular formula is C15H20N2O4S. The molecule has 0 amide bonds. The number of hydrogen-bond donors (Lipinski definition) is 2. The fourth-order valence-corrected chi connectivity index (χ4v) is 4.60. The standard InChI is InChI=1S/C15H20N2O4S/c18-15(19)6-5-11-1-3-12(4-2-11)9-16-22(20,21)17-10-13-7-14(17)8-13/h1-4,13-14,16H,5-10H2,(H,18,19). The number of aliphatic carboxylic acids is 1. The van der Waals surface area contributed by atoms with E-state index in [4.69, 9.17) is 5.11 Å². The van der Waals surface area contributed by atoms with Gasteiger partial charge in [-0.2, -0.15) is 17.4 Å². The zero-order valence-corrected chi connectivity index (χ0v) is 13.1. The molecule has 1 aromatic rings. The first-order valence-electron chi connectivity index (χ1n) is 7.50. The summed E-state index contributed by atoms with van der Waals surface area (Å²) in [6.07, 6.45) is 2.58. The molecule has 2 aliphatic heterocycles. The Morgan fingerprint density at radius 3 is 2.41 bits per heavy atom. The summed E-state index contributed by atoms with van der Waals surface area (Å²) < 4.78 is 28.7. The van der Waals surface area contributed by atoms with Gasteiger partial charge < -0.3 is 5.11 Å². The molecule has 4 rings (SSSR count). The molecule has 0 radical (unpaired) electrons. The Kier molecular flexibility index (Phi) is 4.20. The Morgan fingerprint density at radius 2 is 1.86 bits per heavy atom. The van der Waals surface area contributed by atoms with Crippen LogP contribution in [0.2, 0.25) is 0 Å². The highest BCUT2D eigenvalue weighted by molar-refractivity contribution is 7.87. The predicted molar refractivity (Wildman–Crippen MR) is 81.4 cm³/mol. The van der Waals surface area contributed by atoms with Crippen molar-refractivity contribution in [2.45, 2.75) is 38.3 Å². The van der Waals surface area contributed by atoms with Crippen LogP contribution in [0.5, 0.6) is 0 Å². The second kappa shape index (κ2) is 5.98. The average molecular weight is 324 g/mol. The molecule has 1 aliphatic carbocycles. The van der Waals surface area contributed by atoms with E-state index >= 15 is 0 Å². The summed E-state index contributed by atoms with van der Waals surface area (Å²) >= 11 is 0. The number of fused-ring (bicyclic) bond motifs is 1. The van der Waals surface area contributed by atoms with Crippen LogP contribution in [0.1, 0.15) is 30.4 Å². The van der Waals surface area contributed by atoms with Gasteiger partial charge in [0.1, 0.15) is 0 Å². The van der Waals surface area contributed by atoms with E-state index in [0.29, 0.717) is 18.9 Å². The molecule has 0 atom stereocenters. The third-order valence-electron chi connectivity index (χ3n) is 4.47. The average Bonchev–Trinajstić information content (AvgIpc) is 3.05. The van der Waals surface area contributed by atoms with E-state index in [0.717, 1.165) is 24.0 Å². The maximum absolute atomic E-state index is 12.2. The Balaban J connectivity index is 1.53. The number of nitrogens with one attached hydrogen (secondary N) is 1. The van der Waals surface area contributed by atoms with Gasteiger partial charge in [0.2, 0.25) is 0 Å². The van der Waals surface area contributed by atoms with E-state index in [1.54, 1.807) is 4.31 Å². The maximum atomic E-state index is 12.2. The van der Waals surface area contributed by atoms with Gasteiger partial charge in [-0.05, 0) is 36.3 Å². The molecule has 2 bridgehead atoms. The molecule has 1 aromatic carbocycles. The van der Waals surface area contributed by atoms with Gasteiger partial charge in [0.05, 0.1) is 0 Å². The van der Waals surface area contributed by atoms with Crippen LogP contribution in [0.4, 0.5) is 0 Å². The van der Waals surface area contributed by atoms with E-state index in [9.17, 15) is 13.2 Å².